The summed E-state index contributed by atoms with van der Waals surface area (Å²) >= 11 is 12.1. The van der Waals surface area contributed by atoms with Crippen molar-refractivity contribution in [3.05, 3.63) is 92.0 Å². The Hall–Kier alpha value is -4.11. The molecule has 36 heavy (non-hydrogen) atoms. The first-order valence-corrected chi connectivity index (χ1v) is 12.0. The van der Waals surface area contributed by atoms with E-state index in [-0.39, 0.29) is 38.4 Å². The summed E-state index contributed by atoms with van der Waals surface area (Å²) in [6.07, 6.45) is 1.17. The molecule has 3 aromatic rings. The maximum absolute atomic E-state index is 12.8. The van der Waals surface area contributed by atoms with Gasteiger partial charge in [0.05, 0.1) is 27.8 Å². The average molecular weight is 548 g/mol. The third-order valence-electron chi connectivity index (χ3n) is 4.60. The summed E-state index contributed by atoms with van der Waals surface area (Å²) in [7, 11) is -3.39. The lowest BCUT2D eigenvalue weighted by Gasteiger charge is -2.12. The van der Waals surface area contributed by atoms with Crippen molar-refractivity contribution in [2.45, 2.75) is 4.90 Å². The van der Waals surface area contributed by atoms with Gasteiger partial charge in [0.2, 0.25) is 0 Å². The van der Waals surface area contributed by atoms with Crippen molar-refractivity contribution >= 4 is 56.7 Å². The fourth-order valence-corrected chi connectivity index (χ4v) is 4.54. The standard InChI is InChI=1S/C23H15Cl2N3O7S/c1-34-19-10-9-14(11-15(13-26)23(29)27-22-16(24)5-4-6-17(22)25)12-20(19)35-36(32,33)21-8-3-2-7-18(21)28(30)31/h2-12H,1H3,(H,27,29)/b15-11+. The first-order valence-electron chi connectivity index (χ1n) is 9.80. The second-order valence-electron chi connectivity index (χ2n) is 6.89. The Balaban J connectivity index is 1.97. The van der Waals surface area contributed by atoms with Gasteiger partial charge >= 0.3 is 10.1 Å². The molecule has 0 aliphatic rings. The largest absolute Gasteiger partial charge is 0.493 e. The third-order valence-corrected chi connectivity index (χ3v) is 6.51. The van der Waals surface area contributed by atoms with Crippen molar-refractivity contribution in [3.63, 3.8) is 0 Å². The van der Waals surface area contributed by atoms with Gasteiger partial charge in [-0.2, -0.15) is 13.7 Å². The van der Waals surface area contributed by atoms with Crippen LogP contribution in [0.25, 0.3) is 6.08 Å². The third kappa shape index (κ3) is 5.92. The number of rotatable bonds is 8. The second-order valence-corrected chi connectivity index (χ2v) is 9.22. The van der Waals surface area contributed by atoms with E-state index in [1.807, 2.05) is 0 Å². The Morgan fingerprint density at radius 1 is 1.08 bits per heavy atom. The summed E-state index contributed by atoms with van der Waals surface area (Å²) in [5, 5.41) is 23.5. The molecule has 0 saturated carbocycles. The quantitative estimate of drug-likeness (QED) is 0.132. The van der Waals surface area contributed by atoms with Crippen LogP contribution < -0.4 is 14.2 Å². The molecule has 0 atom stereocenters. The molecule has 0 aliphatic carbocycles. The highest BCUT2D eigenvalue weighted by Crippen LogP contribution is 2.34. The normalized spacial score (nSPS) is 11.3. The molecule has 3 rings (SSSR count). The number of hydrogen-bond donors (Lipinski definition) is 1. The summed E-state index contributed by atoms with van der Waals surface area (Å²) < 4.78 is 35.9. The van der Waals surface area contributed by atoms with Gasteiger partial charge in [0.15, 0.2) is 16.4 Å². The van der Waals surface area contributed by atoms with Crippen molar-refractivity contribution in [2.75, 3.05) is 12.4 Å². The van der Waals surface area contributed by atoms with Crippen molar-refractivity contribution in [2.24, 2.45) is 0 Å². The van der Waals surface area contributed by atoms with Crippen LogP contribution in [0.5, 0.6) is 11.5 Å². The Morgan fingerprint density at radius 3 is 2.36 bits per heavy atom. The zero-order chi connectivity index (χ0) is 26.5. The van der Waals surface area contributed by atoms with Gasteiger partial charge in [0, 0.05) is 6.07 Å². The van der Waals surface area contributed by atoms with E-state index < -0.39 is 31.5 Å². The zero-order valence-electron chi connectivity index (χ0n) is 18.3. The first-order chi connectivity index (χ1) is 17.1. The molecule has 0 aromatic heterocycles. The van der Waals surface area contributed by atoms with Crippen molar-refractivity contribution in [1.82, 2.24) is 0 Å². The Morgan fingerprint density at radius 2 is 1.75 bits per heavy atom. The second kappa shape index (κ2) is 11.1. The average Bonchev–Trinajstić information content (AvgIpc) is 2.84. The maximum Gasteiger partial charge on any atom is 0.346 e. The van der Waals surface area contributed by atoms with E-state index in [2.05, 4.69) is 5.32 Å². The summed E-state index contributed by atoms with van der Waals surface area (Å²) in [6, 6.07) is 15.0. The summed E-state index contributed by atoms with van der Waals surface area (Å²) in [5.41, 5.74) is -0.723. The number of hydrogen-bond acceptors (Lipinski definition) is 8. The molecule has 184 valence electrons. The van der Waals surface area contributed by atoms with E-state index in [1.54, 1.807) is 12.1 Å². The molecule has 0 spiro atoms. The van der Waals surface area contributed by atoms with E-state index >= 15 is 0 Å². The highest BCUT2D eigenvalue weighted by atomic mass is 35.5. The predicted molar refractivity (Wildman–Crippen MR) is 133 cm³/mol. The number of carbonyl (C=O) groups excluding carboxylic acids is 1. The summed E-state index contributed by atoms with van der Waals surface area (Å²) in [4.78, 5) is 22.4. The van der Waals surface area contributed by atoms with Crippen LogP contribution in [0, 0.1) is 21.4 Å². The number of benzene rings is 3. The van der Waals surface area contributed by atoms with Crippen LogP contribution in [0.3, 0.4) is 0 Å². The van der Waals surface area contributed by atoms with Gasteiger partial charge in [-0.05, 0) is 42.0 Å². The van der Waals surface area contributed by atoms with Crippen LogP contribution >= 0.6 is 23.2 Å². The fourth-order valence-electron chi connectivity index (χ4n) is 2.94. The van der Waals surface area contributed by atoms with Gasteiger partial charge in [-0.15, -0.1) is 0 Å². The van der Waals surface area contributed by atoms with Crippen LogP contribution in [0.4, 0.5) is 11.4 Å². The van der Waals surface area contributed by atoms with Crippen molar-refractivity contribution < 1.29 is 27.1 Å². The van der Waals surface area contributed by atoms with Gasteiger partial charge in [-0.3, -0.25) is 14.9 Å². The van der Waals surface area contributed by atoms with E-state index in [0.717, 1.165) is 12.1 Å². The molecule has 1 amide bonds. The van der Waals surface area contributed by atoms with Crippen LogP contribution in [0.1, 0.15) is 5.56 Å². The van der Waals surface area contributed by atoms with Gasteiger partial charge in [-0.25, -0.2) is 0 Å². The molecule has 0 radical (unpaired) electrons. The summed E-state index contributed by atoms with van der Waals surface area (Å²) in [5.74, 6) is -1.16. The molecule has 0 saturated heterocycles. The molecular weight excluding hydrogens is 533 g/mol. The molecule has 13 heteroatoms. The lowest BCUT2D eigenvalue weighted by atomic mass is 10.1. The fraction of sp³-hybridized carbons (Fsp3) is 0.0435. The van der Waals surface area contributed by atoms with Gasteiger partial charge in [0.25, 0.3) is 11.6 Å². The highest BCUT2D eigenvalue weighted by Gasteiger charge is 2.28. The lowest BCUT2D eigenvalue weighted by molar-refractivity contribution is -0.387. The number of nitrogens with zero attached hydrogens (tertiary/aromatic N) is 2. The number of para-hydroxylation sites is 2. The van der Waals surface area contributed by atoms with Crippen LogP contribution in [-0.4, -0.2) is 26.4 Å². The van der Waals surface area contributed by atoms with Crippen LogP contribution in [0.2, 0.25) is 10.0 Å². The first kappa shape index (κ1) is 26.5. The molecular formula is C23H15Cl2N3O7S. The topological polar surface area (TPSA) is 149 Å². The smallest absolute Gasteiger partial charge is 0.346 e. The van der Waals surface area contributed by atoms with Gasteiger partial charge in [0.1, 0.15) is 11.6 Å². The minimum Gasteiger partial charge on any atom is -0.493 e. The number of anilines is 1. The molecule has 1 N–H and O–H groups in total. The number of nitro groups is 1. The van der Waals surface area contributed by atoms with E-state index in [0.29, 0.717) is 0 Å². The van der Waals surface area contributed by atoms with Crippen LogP contribution in [-0.2, 0) is 14.9 Å². The summed E-state index contributed by atoms with van der Waals surface area (Å²) in [6.45, 7) is 0. The van der Waals surface area contributed by atoms with E-state index in [4.69, 9.17) is 32.1 Å². The molecule has 0 aliphatic heterocycles. The Kier molecular flexibility index (Phi) is 8.16. The Bertz CT molecular complexity index is 1510. The monoisotopic (exact) mass is 547 g/mol. The van der Waals surface area contributed by atoms with Crippen LogP contribution in [0.15, 0.2) is 71.1 Å². The van der Waals surface area contributed by atoms with E-state index in [1.165, 1.54) is 55.7 Å². The number of ether oxygens (including phenoxy) is 1. The molecule has 0 fully saturated rings. The van der Waals surface area contributed by atoms with E-state index in [9.17, 15) is 28.6 Å². The highest BCUT2D eigenvalue weighted by molar-refractivity contribution is 7.87. The number of nitro benzene ring substituents is 1. The number of nitrogens with one attached hydrogen (secondary N) is 1. The van der Waals surface area contributed by atoms with Gasteiger partial charge in [-0.1, -0.05) is 47.5 Å². The number of halogens is 2. The maximum atomic E-state index is 12.8. The molecule has 10 nitrogen and oxygen atoms in total. The SMILES string of the molecule is COc1ccc(/C=C(\C#N)C(=O)Nc2c(Cl)cccc2Cl)cc1OS(=O)(=O)c1ccccc1[N+](=O)[O-]. The van der Waals surface area contributed by atoms with Crippen molar-refractivity contribution in [1.29, 1.82) is 5.26 Å². The number of methoxy groups -OCH3 is 1. The predicted octanol–water partition coefficient (Wildman–Crippen LogP) is 5.22. The Labute approximate surface area is 215 Å². The molecule has 0 bridgehead atoms. The molecule has 0 heterocycles. The lowest BCUT2D eigenvalue weighted by Crippen LogP contribution is -2.14. The van der Waals surface area contributed by atoms with Crippen molar-refractivity contribution in [3.8, 4) is 17.6 Å². The minimum atomic E-state index is -4.65. The minimum absolute atomic E-state index is 0.0138. The molecule has 0 unspecified atom stereocenters. The number of nitriles is 1. The number of amides is 1. The van der Waals surface area contributed by atoms with Gasteiger partial charge < -0.3 is 14.2 Å². The molecule has 3 aromatic carbocycles. The zero-order valence-corrected chi connectivity index (χ0v) is 20.6. The number of carbonyl (C=O) groups is 1.